The zero-order valence-corrected chi connectivity index (χ0v) is 15.7. The second-order valence-corrected chi connectivity index (χ2v) is 6.12. The molecule has 2 aromatic carbocycles. The lowest BCUT2D eigenvalue weighted by Gasteiger charge is -2.05. The van der Waals surface area contributed by atoms with Crippen LogP contribution < -0.4 is 15.5 Å². The summed E-state index contributed by atoms with van der Waals surface area (Å²) in [6, 6.07) is 15.9. The van der Waals surface area contributed by atoms with Crippen LogP contribution in [-0.4, -0.2) is 36.7 Å². The molecule has 0 saturated heterocycles. The Hall–Kier alpha value is -3.45. The minimum atomic E-state index is -0.469. The smallest absolute Gasteiger partial charge is 0.259 e. The number of para-hydroxylation sites is 1. The van der Waals surface area contributed by atoms with Gasteiger partial charge in [0.2, 0.25) is 0 Å². The van der Waals surface area contributed by atoms with Crippen molar-refractivity contribution in [2.24, 2.45) is 5.10 Å². The number of halogens is 1. The van der Waals surface area contributed by atoms with E-state index in [0.29, 0.717) is 16.9 Å². The molecule has 0 bridgehead atoms. The van der Waals surface area contributed by atoms with E-state index < -0.39 is 5.91 Å². The topological polar surface area (TPSA) is 92.7 Å². The van der Waals surface area contributed by atoms with E-state index in [1.165, 1.54) is 6.21 Å². The van der Waals surface area contributed by atoms with Gasteiger partial charge in [-0.05, 0) is 36.4 Å². The molecule has 0 fully saturated rings. The van der Waals surface area contributed by atoms with Gasteiger partial charge < -0.3 is 10.1 Å². The van der Waals surface area contributed by atoms with Crippen molar-refractivity contribution < 1.29 is 14.3 Å². The third-order valence-electron chi connectivity index (χ3n) is 3.86. The second kappa shape index (κ2) is 8.96. The molecule has 0 aliphatic heterocycles. The van der Waals surface area contributed by atoms with E-state index in [2.05, 4.69) is 20.8 Å². The predicted octanol–water partition coefficient (Wildman–Crippen LogP) is 2.78. The zero-order chi connectivity index (χ0) is 19.9. The van der Waals surface area contributed by atoms with Crippen LogP contribution in [0.4, 0.5) is 0 Å². The molecule has 2 amide bonds. The molecule has 0 spiro atoms. The minimum Gasteiger partial charge on any atom is -0.497 e. The Morgan fingerprint density at radius 2 is 1.93 bits per heavy atom. The number of carbonyl (C=O) groups excluding carboxylic acids is 2. The van der Waals surface area contributed by atoms with E-state index in [1.54, 1.807) is 31.4 Å². The van der Waals surface area contributed by atoms with Crippen molar-refractivity contribution in [1.29, 1.82) is 0 Å². The van der Waals surface area contributed by atoms with Crippen LogP contribution in [0.25, 0.3) is 10.9 Å². The van der Waals surface area contributed by atoms with E-state index in [4.69, 9.17) is 16.3 Å². The molecule has 28 heavy (non-hydrogen) atoms. The first-order valence-electron chi connectivity index (χ1n) is 8.36. The van der Waals surface area contributed by atoms with Crippen LogP contribution in [0, 0.1) is 0 Å². The normalized spacial score (nSPS) is 10.8. The van der Waals surface area contributed by atoms with E-state index in [1.807, 2.05) is 30.3 Å². The third kappa shape index (κ3) is 4.83. The first-order valence-corrected chi connectivity index (χ1v) is 8.74. The van der Waals surface area contributed by atoms with Gasteiger partial charge in [-0.2, -0.15) is 5.10 Å². The molecule has 7 nitrogen and oxygen atoms in total. The monoisotopic (exact) mass is 396 g/mol. The molecule has 0 saturated carbocycles. The number of benzene rings is 2. The molecule has 3 aromatic rings. The van der Waals surface area contributed by atoms with Crippen LogP contribution in [0.15, 0.2) is 59.7 Å². The molecular formula is C20H17ClN4O3. The summed E-state index contributed by atoms with van der Waals surface area (Å²) in [5.41, 5.74) is 4.11. The van der Waals surface area contributed by atoms with Crippen molar-refractivity contribution in [2.45, 2.75) is 0 Å². The fraction of sp³-hybridized carbons (Fsp3) is 0.100. The predicted molar refractivity (Wildman–Crippen MR) is 108 cm³/mol. The average molecular weight is 397 g/mol. The van der Waals surface area contributed by atoms with Gasteiger partial charge in [0.05, 0.1) is 25.4 Å². The number of ether oxygens (including phenoxy) is 1. The van der Waals surface area contributed by atoms with Crippen LogP contribution in [0.2, 0.25) is 5.15 Å². The summed E-state index contributed by atoms with van der Waals surface area (Å²) >= 11 is 6.13. The number of fused-ring (bicyclic) bond motifs is 1. The number of nitrogens with zero attached hydrogens (tertiary/aromatic N) is 2. The Kier molecular flexibility index (Phi) is 6.18. The van der Waals surface area contributed by atoms with Crippen LogP contribution in [0.1, 0.15) is 15.9 Å². The lowest BCUT2D eigenvalue weighted by Crippen LogP contribution is -2.34. The number of methoxy groups -OCH3 is 1. The Balaban J connectivity index is 1.53. The van der Waals surface area contributed by atoms with Gasteiger partial charge in [0.1, 0.15) is 10.9 Å². The summed E-state index contributed by atoms with van der Waals surface area (Å²) in [5.74, 6) is -0.197. The molecule has 8 heteroatoms. The Morgan fingerprint density at radius 3 is 2.68 bits per heavy atom. The Bertz CT molecular complexity index is 1040. The van der Waals surface area contributed by atoms with E-state index in [9.17, 15) is 9.59 Å². The summed E-state index contributed by atoms with van der Waals surface area (Å²) in [5, 5.41) is 7.57. The highest BCUT2D eigenvalue weighted by atomic mass is 35.5. The second-order valence-electron chi connectivity index (χ2n) is 5.77. The molecule has 0 aliphatic rings. The standard InChI is InChI=1S/C20H17ClN4O3/c1-28-16-8-6-13(7-9-16)20(27)22-12-18(26)25-23-11-15-10-14-4-2-3-5-17(14)24-19(15)21/h2-11H,12H2,1H3,(H,22,27)(H,25,26)/b23-11+. The van der Waals surface area contributed by atoms with Crippen molar-refractivity contribution in [1.82, 2.24) is 15.7 Å². The van der Waals surface area contributed by atoms with Gasteiger partial charge in [0, 0.05) is 16.5 Å². The van der Waals surface area contributed by atoms with Gasteiger partial charge in [-0.1, -0.05) is 29.8 Å². The van der Waals surface area contributed by atoms with Crippen LogP contribution in [0.5, 0.6) is 5.75 Å². The van der Waals surface area contributed by atoms with E-state index in [0.717, 1.165) is 10.9 Å². The molecule has 0 unspecified atom stereocenters. The lowest BCUT2D eigenvalue weighted by atomic mass is 10.2. The number of hydrazone groups is 1. The lowest BCUT2D eigenvalue weighted by molar-refractivity contribution is -0.120. The summed E-state index contributed by atoms with van der Waals surface area (Å²) in [6.07, 6.45) is 1.41. The number of nitrogens with one attached hydrogen (secondary N) is 2. The van der Waals surface area contributed by atoms with E-state index in [-0.39, 0.29) is 17.6 Å². The summed E-state index contributed by atoms with van der Waals surface area (Å²) < 4.78 is 5.03. The summed E-state index contributed by atoms with van der Waals surface area (Å²) in [7, 11) is 1.54. The molecule has 1 aromatic heterocycles. The summed E-state index contributed by atoms with van der Waals surface area (Å²) in [4.78, 5) is 28.2. The molecule has 3 rings (SSSR count). The van der Waals surface area contributed by atoms with Crippen LogP contribution in [0.3, 0.4) is 0 Å². The van der Waals surface area contributed by atoms with Crippen LogP contribution >= 0.6 is 11.6 Å². The molecule has 2 N–H and O–H groups in total. The van der Waals surface area contributed by atoms with Crippen molar-refractivity contribution in [3.8, 4) is 5.75 Å². The average Bonchev–Trinajstić information content (AvgIpc) is 2.72. The molecule has 142 valence electrons. The van der Waals surface area contributed by atoms with Gasteiger partial charge >= 0.3 is 0 Å². The van der Waals surface area contributed by atoms with Crippen LogP contribution in [-0.2, 0) is 4.79 Å². The fourth-order valence-electron chi connectivity index (χ4n) is 2.42. The van der Waals surface area contributed by atoms with Gasteiger partial charge in [-0.15, -0.1) is 0 Å². The molecule has 0 radical (unpaired) electrons. The van der Waals surface area contributed by atoms with Gasteiger partial charge in [0.15, 0.2) is 0 Å². The number of aromatic nitrogens is 1. The number of hydrogen-bond donors (Lipinski definition) is 2. The third-order valence-corrected chi connectivity index (χ3v) is 4.16. The van der Waals surface area contributed by atoms with E-state index >= 15 is 0 Å². The number of carbonyl (C=O) groups is 2. The van der Waals surface area contributed by atoms with Crippen molar-refractivity contribution in [3.63, 3.8) is 0 Å². The molecule has 0 aliphatic carbocycles. The highest BCUT2D eigenvalue weighted by Crippen LogP contribution is 2.18. The maximum absolute atomic E-state index is 12.0. The number of rotatable bonds is 6. The van der Waals surface area contributed by atoms with Crippen molar-refractivity contribution in [2.75, 3.05) is 13.7 Å². The highest BCUT2D eigenvalue weighted by Gasteiger charge is 2.08. The first kappa shape index (κ1) is 19.3. The Labute approximate surface area is 166 Å². The maximum atomic E-state index is 12.0. The maximum Gasteiger partial charge on any atom is 0.259 e. The Morgan fingerprint density at radius 1 is 1.18 bits per heavy atom. The van der Waals surface area contributed by atoms with Crippen molar-refractivity contribution in [3.05, 3.63) is 70.9 Å². The van der Waals surface area contributed by atoms with Gasteiger partial charge in [0.25, 0.3) is 11.8 Å². The highest BCUT2D eigenvalue weighted by molar-refractivity contribution is 6.32. The first-order chi connectivity index (χ1) is 13.6. The fourth-order valence-corrected chi connectivity index (χ4v) is 2.61. The molecule has 1 heterocycles. The number of amides is 2. The number of hydrogen-bond acceptors (Lipinski definition) is 5. The molecule has 0 atom stereocenters. The van der Waals surface area contributed by atoms with Gasteiger partial charge in [-0.3, -0.25) is 9.59 Å². The largest absolute Gasteiger partial charge is 0.497 e. The minimum absolute atomic E-state index is 0.216. The quantitative estimate of drug-likeness (QED) is 0.380. The van der Waals surface area contributed by atoms with Crippen molar-refractivity contribution >= 4 is 40.5 Å². The molecular weight excluding hydrogens is 380 g/mol. The van der Waals surface area contributed by atoms with Gasteiger partial charge in [-0.25, -0.2) is 10.4 Å². The summed E-state index contributed by atoms with van der Waals surface area (Å²) in [6.45, 7) is -0.216. The SMILES string of the molecule is COc1ccc(C(=O)NCC(=O)N/N=C/c2cc3ccccc3nc2Cl)cc1. The number of pyridine rings is 1. The zero-order valence-electron chi connectivity index (χ0n) is 15.0.